The van der Waals surface area contributed by atoms with Crippen LogP contribution in [0.2, 0.25) is 0 Å². The largest absolute Gasteiger partial charge is 0.299 e. The highest BCUT2D eigenvalue weighted by Crippen LogP contribution is 2.22. The molecular formula is C16H17N3O. The van der Waals surface area contributed by atoms with Crippen LogP contribution >= 0.6 is 0 Å². The van der Waals surface area contributed by atoms with Gasteiger partial charge in [0.05, 0.1) is 11.8 Å². The first-order valence-corrected chi connectivity index (χ1v) is 6.68. The molecule has 4 heteroatoms. The van der Waals surface area contributed by atoms with Gasteiger partial charge < -0.3 is 0 Å². The number of ketones is 1. The van der Waals surface area contributed by atoms with Gasteiger partial charge in [0.25, 0.3) is 0 Å². The Morgan fingerprint density at radius 1 is 1.40 bits per heavy atom. The maximum absolute atomic E-state index is 11.8. The summed E-state index contributed by atoms with van der Waals surface area (Å²) in [5.74, 6) is 0.136. The number of aromatic nitrogens is 2. The molecule has 102 valence electrons. The standard InChI is InChI=1S/C16H17N3O/c1-13(20)16(15-6-3-2-4-7-15)8-5-9-19-12-14(10-17)11-18-19/h2-4,6-7,11-12,16H,5,8-9H2,1H3. The van der Waals surface area contributed by atoms with Crippen molar-refractivity contribution in [1.29, 1.82) is 5.26 Å². The number of carbonyl (C=O) groups excluding carboxylic acids is 1. The molecule has 0 saturated carbocycles. The van der Waals surface area contributed by atoms with E-state index in [4.69, 9.17) is 5.26 Å². The first kappa shape index (κ1) is 14.0. The molecule has 1 heterocycles. The second kappa shape index (κ2) is 6.67. The van der Waals surface area contributed by atoms with Gasteiger partial charge in [-0.1, -0.05) is 30.3 Å². The molecule has 0 aliphatic heterocycles. The zero-order chi connectivity index (χ0) is 14.4. The van der Waals surface area contributed by atoms with Gasteiger partial charge in [-0.05, 0) is 25.3 Å². The topological polar surface area (TPSA) is 58.7 Å². The van der Waals surface area contributed by atoms with Gasteiger partial charge in [0.15, 0.2) is 0 Å². The number of rotatable bonds is 6. The highest BCUT2D eigenvalue weighted by molar-refractivity contribution is 5.83. The van der Waals surface area contributed by atoms with E-state index in [1.807, 2.05) is 30.3 Å². The van der Waals surface area contributed by atoms with Crippen molar-refractivity contribution in [2.75, 3.05) is 0 Å². The fourth-order valence-corrected chi connectivity index (χ4v) is 2.29. The van der Waals surface area contributed by atoms with Gasteiger partial charge in [-0.3, -0.25) is 9.48 Å². The fraction of sp³-hybridized carbons (Fsp3) is 0.312. The van der Waals surface area contributed by atoms with Gasteiger partial charge in [0, 0.05) is 18.7 Å². The zero-order valence-electron chi connectivity index (χ0n) is 11.5. The molecule has 0 radical (unpaired) electrons. The van der Waals surface area contributed by atoms with E-state index in [1.165, 1.54) is 0 Å². The molecule has 0 N–H and O–H groups in total. The number of nitriles is 1. The monoisotopic (exact) mass is 267 g/mol. The molecule has 0 amide bonds. The average Bonchev–Trinajstić information content (AvgIpc) is 2.92. The second-order valence-corrected chi connectivity index (χ2v) is 4.82. The Kier molecular flexibility index (Phi) is 4.67. The van der Waals surface area contributed by atoms with Crippen molar-refractivity contribution in [3.63, 3.8) is 0 Å². The van der Waals surface area contributed by atoms with E-state index < -0.39 is 0 Å². The molecular weight excluding hydrogens is 250 g/mol. The third-order valence-corrected chi connectivity index (χ3v) is 3.34. The Morgan fingerprint density at radius 2 is 2.15 bits per heavy atom. The maximum Gasteiger partial charge on any atom is 0.137 e. The van der Waals surface area contributed by atoms with E-state index >= 15 is 0 Å². The Balaban J connectivity index is 1.93. The lowest BCUT2D eigenvalue weighted by Crippen LogP contribution is -2.10. The lowest BCUT2D eigenvalue weighted by molar-refractivity contribution is -0.118. The quantitative estimate of drug-likeness (QED) is 0.808. The number of Topliss-reactive ketones (excluding diaryl/α,β-unsaturated/α-hetero) is 1. The summed E-state index contributed by atoms with van der Waals surface area (Å²) in [6.45, 7) is 2.36. The van der Waals surface area contributed by atoms with E-state index in [1.54, 1.807) is 24.0 Å². The van der Waals surface area contributed by atoms with Crippen molar-refractivity contribution in [3.8, 4) is 6.07 Å². The molecule has 1 aromatic heterocycles. The van der Waals surface area contributed by atoms with Gasteiger partial charge in [0.2, 0.25) is 0 Å². The van der Waals surface area contributed by atoms with Crippen LogP contribution in [0.4, 0.5) is 0 Å². The van der Waals surface area contributed by atoms with Crippen molar-refractivity contribution in [2.45, 2.75) is 32.2 Å². The van der Waals surface area contributed by atoms with Crippen LogP contribution in [0.1, 0.15) is 36.8 Å². The summed E-state index contributed by atoms with van der Waals surface area (Å²) >= 11 is 0. The summed E-state index contributed by atoms with van der Waals surface area (Å²) in [5, 5.41) is 12.8. The molecule has 0 bridgehead atoms. The van der Waals surface area contributed by atoms with Gasteiger partial charge in [-0.2, -0.15) is 10.4 Å². The van der Waals surface area contributed by atoms with Crippen LogP contribution < -0.4 is 0 Å². The van der Waals surface area contributed by atoms with Crippen molar-refractivity contribution in [1.82, 2.24) is 9.78 Å². The molecule has 1 unspecified atom stereocenters. The van der Waals surface area contributed by atoms with Crippen molar-refractivity contribution in [3.05, 3.63) is 53.9 Å². The van der Waals surface area contributed by atoms with Crippen LogP contribution in [0.5, 0.6) is 0 Å². The summed E-state index contributed by atoms with van der Waals surface area (Å²) in [5.41, 5.74) is 1.63. The lowest BCUT2D eigenvalue weighted by atomic mass is 9.91. The Labute approximate surface area is 118 Å². The third-order valence-electron chi connectivity index (χ3n) is 3.34. The normalized spacial score (nSPS) is 11.8. The SMILES string of the molecule is CC(=O)C(CCCn1cc(C#N)cn1)c1ccccc1. The van der Waals surface area contributed by atoms with E-state index in [-0.39, 0.29) is 11.7 Å². The molecule has 0 aliphatic carbocycles. The number of nitrogens with zero attached hydrogens (tertiary/aromatic N) is 3. The summed E-state index contributed by atoms with van der Waals surface area (Å²) in [4.78, 5) is 11.8. The minimum absolute atomic E-state index is 0.0535. The van der Waals surface area contributed by atoms with Crippen molar-refractivity contribution >= 4 is 5.78 Å². The smallest absolute Gasteiger partial charge is 0.137 e. The van der Waals surface area contributed by atoms with E-state index in [9.17, 15) is 4.79 Å². The number of benzene rings is 1. The number of aryl methyl sites for hydroxylation is 1. The van der Waals surface area contributed by atoms with Crippen LogP contribution in [0.15, 0.2) is 42.7 Å². The lowest BCUT2D eigenvalue weighted by Gasteiger charge is -2.14. The second-order valence-electron chi connectivity index (χ2n) is 4.82. The maximum atomic E-state index is 11.8. The van der Waals surface area contributed by atoms with Gasteiger partial charge in [-0.15, -0.1) is 0 Å². The van der Waals surface area contributed by atoms with Crippen molar-refractivity contribution in [2.24, 2.45) is 0 Å². The Bertz CT molecular complexity index is 610. The highest BCUT2D eigenvalue weighted by Gasteiger charge is 2.15. The first-order chi connectivity index (χ1) is 9.70. The van der Waals surface area contributed by atoms with Crippen LogP contribution in [-0.4, -0.2) is 15.6 Å². The van der Waals surface area contributed by atoms with Gasteiger partial charge in [-0.25, -0.2) is 0 Å². The molecule has 2 rings (SSSR count). The number of hydrogen-bond donors (Lipinski definition) is 0. The van der Waals surface area contributed by atoms with E-state index in [0.29, 0.717) is 5.56 Å². The summed E-state index contributed by atoms with van der Waals surface area (Å²) < 4.78 is 1.75. The molecule has 0 spiro atoms. The van der Waals surface area contributed by atoms with E-state index in [0.717, 1.165) is 24.9 Å². The Hall–Kier alpha value is -2.41. The zero-order valence-corrected chi connectivity index (χ0v) is 11.5. The van der Waals surface area contributed by atoms with Gasteiger partial charge >= 0.3 is 0 Å². The summed E-state index contributed by atoms with van der Waals surface area (Å²) in [6, 6.07) is 11.9. The molecule has 0 fully saturated rings. The molecule has 2 aromatic rings. The number of carbonyl (C=O) groups is 1. The molecule has 0 saturated heterocycles. The molecule has 1 aromatic carbocycles. The number of hydrogen-bond acceptors (Lipinski definition) is 3. The molecule has 20 heavy (non-hydrogen) atoms. The average molecular weight is 267 g/mol. The van der Waals surface area contributed by atoms with Crippen LogP contribution in [0.25, 0.3) is 0 Å². The predicted molar refractivity (Wildman–Crippen MR) is 76.0 cm³/mol. The molecule has 1 atom stereocenters. The predicted octanol–water partition coefficient (Wildman–Crippen LogP) is 2.91. The highest BCUT2D eigenvalue weighted by atomic mass is 16.1. The van der Waals surface area contributed by atoms with Crippen LogP contribution in [0, 0.1) is 11.3 Å². The first-order valence-electron chi connectivity index (χ1n) is 6.68. The third kappa shape index (κ3) is 3.55. The minimum Gasteiger partial charge on any atom is -0.299 e. The van der Waals surface area contributed by atoms with Crippen LogP contribution in [0.3, 0.4) is 0 Å². The van der Waals surface area contributed by atoms with Crippen molar-refractivity contribution < 1.29 is 4.79 Å². The molecule has 4 nitrogen and oxygen atoms in total. The summed E-state index contributed by atoms with van der Waals surface area (Å²) in [7, 11) is 0. The van der Waals surface area contributed by atoms with Crippen LogP contribution in [-0.2, 0) is 11.3 Å². The molecule has 0 aliphatic rings. The van der Waals surface area contributed by atoms with E-state index in [2.05, 4.69) is 11.2 Å². The summed E-state index contributed by atoms with van der Waals surface area (Å²) in [6.07, 6.45) is 4.93. The Morgan fingerprint density at radius 3 is 2.75 bits per heavy atom. The fourth-order valence-electron chi connectivity index (χ4n) is 2.29. The van der Waals surface area contributed by atoms with Gasteiger partial charge in [0.1, 0.15) is 11.9 Å². The minimum atomic E-state index is -0.0535.